The zero-order chi connectivity index (χ0) is 20.9. The highest BCUT2D eigenvalue weighted by Gasteiger charge is 2.45. The maximum Gasteiger partial charge on any atom is 0.402 e. The molecule has 0 aliphatic heterocycles. The Morgan fingerprint density at radius 3 is 2.43 bits per heavy atom. The monoisotopic (exact) mass is 416 g/mol. The molecule has 7 nitrogen and oxygen atoms in total. The molecule has 1 saturated carbocycles. The number of carbonyl (C=O) groups excluding carboxylic acids is 2. The van der Waals surface area contributed by atoms with Crippen LogP contribution in [0.3, 0.4) is 0 Å². The highest BCUT2D eigenvalue weighted by molar-refractivity contribution is 7.86. The average Bonchev–Trinajstić information content (AvgIpc) is 2.65. The normalized spacial score (nSPS) is 15.8. The van der Waals surface area contributed by atoms with Crippen molar-refractivity contribution < 1.29 is 40.8 Å². The molecule has 0 saturated heterocycles. The Bertz CT molecular complexity index is 836. The molecule has 11 heteroatoms. The number of hydrogen-bond acceptors (Lipinski definition) is 6. The van der Waals surface area contributed by atoms with E-state index < -0.39 is 33.9 Å². The van der Waals surface area contributed by atoms with Crippen LogP contribution < -0.4 is 4.74 Å². The van der Waals surface area contributed by atoms with Crippen molar-refractivity contribution in [2.24, 2.45) is 5.92 Å². The molecular weight excluding hydrogens is 397 g/mol. The third kappa shape index (κ3) is 5.51. The largest absolute Gasteiger partial charge is 0.454 e. The van der Waals surface area contributed by atoms with Crippen LogP contribution in [-0.2, 0) is 26.0 Å². The number of ether oxygens (including phenoxy) is 2. The second kappa shape index (κ2) is 9.00. The third-order valence-electron chi connectivity index (χ3n) is 4.40. The third-order valence-corrected chi connectivity index (χ3v) is 5.27. The molecule has 1 aliphatic rings. The number of halogens is 2. The lowest BCUT2D eigenvalue weighted by Crippen LogP contribution is -2.34. The van der Waals surface area contributed by atoms with E-state index >= 15 is 0 Å². The van der Waals surface area contributed by atoms with Gasteiger partial charge < -0.3 is 9.47 Å². The minimum Gasteiger partial charge on any atom is -0.454 e. The molecule has 0 spiro atoms. The molecule has 0 heterocycles. The van der Waals surface area contributed by atoms with Crippen LogP contribution in [0.15, 0.2) is 18.2 Å². The summed E-state index contributed by atoms with van der Waals surface area (Å²) in [5.74, 6) is -2.42. The van der Waals surface area contributed by atoms with Crippen LogP contribution in [0.2, 0.25) is 0 Å². The van der Waals surface area contributed by atoms with E-state index in [2.05, 4.69) is 4.74 Å². The molecule has 2 radical (unpaired) electrons. The molecule has 1 fully saturated rings. The second-order valence-corrected chi connectivity index (χ2v) is 8.03. The fourth-order valence-electron chi connectivity index (χ4n) is 2.78. The van der Waals surface area contributed by atoms with Gasteiger partial charge in [-0.05, 0) is 25.0 Å². The Morgan fingerprint density at radius 2 is 1.86 bits per heavy atom. The Labute approximate surface area is 162 Å². The Kier molecular flexibility index (Phi) is 7.16. The van der Waals surface area contributed by atoms with Gasteiger partial charge in [0.2, 0.25) is 0 Å². The second-order valence-electron chi connectivity index (χ2n) is 6.48. The fraction of sp³-hybridized carbons (Fsp3) is 0.529. The Balaban J connectivity index is 2.18. The first-order chi connectivity index (χ1) is 13.0. The predicted octanol–water partition coefficient (Wildman–Crippen LogP) is 2.48. The van der Waals surface area contributed by atoms with Crippen LogP contribution in [-0.4, -0.2) is 44.6 Å². The summed E-state index contributed by atoms with van der Waals surface area (Å²) >= 11 is 0. The smallest absolute Gasteiger partial charge is 0.402 e. The first-order valence-electron chi connectivity index (χ1n) is 8.62. The van der Waals surface area contributed by atoms with Gasteiger partial charge in [0, 0.05) is 0 Å². The van der Waals surface area contributed by atoms with Crippen molar-refractivity contribution in [2.75, 3.05) is 6.61 Å². The maximum atomic E-state index is 13.3. The first-order valence-corrected chi connectivity index (χ1v) is 10.1. The van der Waals surface area contributed by atoms with Gasteiger partial charge in [0.05, 0.1) is 13.8 Å². The predicted molar refractivity (Wildman–Crippen MR) is 94.9 cm³/mol. The number of alkyl halides is 2. The van der Waals surface area contributed by atoms with E-state index in [0.717, 1.165) is 19.3 Å². The Morgan fingerprint density at radius 1 is 1.21 bits per heavy atom. The summed E-state index contributed by atoms with van der Waals surface area (Å²) in [6.07, 6.45) is 4.14. The lowest BCUT2D eigenvalue weighted by Gasteiger charge is -2.21. The SMILES string of the molecule is [B]Cc1ccc(C(=O)OCC(F)(F)S(=O)(=O)O)c(OC(=O)C2CCCCC2)c1. The average molecular weight is 416 g/mol. The topological polar surface area (TPSA) is 107 Å². The van der Waals surface area contributed by atoms with Crippen molar-refractivity contribution in [3.05, 3.63) is 29.3 Å². The number of benzene rings is 1. The minimum atomic E-state index is -5.75. The van der Waals surface area contributed by atoms with Gasteiger partial charge in [0.1, 0.15) is 11.3 Å². The zero-order valence-corrected chi connectivity index (χ0v) is 15.7. The summed E-state index contributed by atoms with van der Waals surface area (Å²) in [6.45, 7) is -1.89. The van der Waals surface area contributed by atoms with Gasteiger partial charge in [-0.3, -0.25) is 9.35 Å². The van der Waals surface area contributed by atoms with E-state index in [1.165, 1.54) is 18.2 Å². The zero-order valence-electron chi connectivity index (χ0n) is 14.9. The van der Waals surface area contributed by atoms with Crippen molar-refractivity contribution >= 4 is 29.9 Å². The van der Waals surface area contributed by atoms with E-state index in [1.54, 1.807) is 0 Å². The molecule has 1 N–H and O–H groups in total. The van der Waals surface area contributed by atoms with Gasteiger partial charge in [-0.2, -0.15) is 17.2 Å². The summed E-state index contributed by atoms with van der Waals surface area (Å²) in [6, 6.07) is 3.91. The van der Waals surface area contributed by atoms with Crippen molar-refractivity contribution in [1.29, 1.82) is 0 Å². The molecule has 152 valence electrons. The molecule has 0 unspecified atom stereocenters. The van der Waals surface area contributed by atoms with Gasteiger partial charge in [0.25, 0.3) is 0 Å². The molecular formula is C17H19BF2O7S. The first kappa shape index (κ1) is 22.3. The molecule has 28 heavy (non-hydrogen) atoms. The van der Waals surface area contributed by atoms with Crippen LogP contribution in [0.25, 0.3) is 0 Å². The summed E-state index contributed by atoms with van der Waals surface area (Å²) < 4.78 is 65.8. The van der Waals surface area contributed by atoms with Gasteiger partial charge in [-0.1, -0.05) is 37.2 Å². The molecule has 2 rings (SSSR count). The van der Waals surface area contributed by atoms with Crippen LogP contribution in [0.4, 0.5) is 8.78 Å². The molecule has 0 amide bonds. The number of carbonyl (C=O) groups is 2. The highest BCUT2D eigenvalue weighted by Crippen LogP contribution is 2.29. The van der Waals surface area contributed by atoms with E-state index in [4.69, 9.17) is 17.1 Å². The van der Waals surface area contributed by atoms with Crippen LogP contribution >= 0.6 is 0 Å². The number of hydrogen-bond donors (Lipinski definition) is 1. The summed E-state index contributed by atoms with van der Waals surface area (Å²) in [5, 5.41) is -4.67. The van der Waals surface area contributed by atoms with Gasteiger partial charge in [0.15, 0.2) is 6.61 Å². The van der Waals surface area contributed by atoms with E-state index in [1.807, 2.05) is 0 Å². The van der Waals surface area contributed by atoms with E-state index in [-0.39, 0.29) is 23.6 Å². The van der Waals surface area contributed by atoms with Crippen molar-refractivity contribution in [3.63, 3.8) is 0 Å². The van der Waals surface area contributed by atoms with Crippen LogP contribution in [0, 0.1) is 5.92 Å². The molecule has 1 aromatic carbocycles. The maximum absolute atomic E-state index is 13.3. The Hall–Kier alpha value is -2.01. The van der Waals surface area contributed by atoms with Gasteiger partial charge in [-0.25, -0.2) is 4.79 Å². The molecule has 1 aliphatic carbocycles. The lowest BCUT2D eigenvalue weighted by atomic mass is 9.89. The summed E-state index contributed by atoms with van der Waals surface area (Å²) in [5.41, 5.74) is 0.179. The summed E-state index contributed by atoms with van der Waals surface area (Å²) in [7, 11) is -0.215. The molecule has 0 aromatic heterocycles. The minimum absolute atomic E-state index is 0.0735. The standard InChI is InChI=1S/C17H19BF2O7S/c18-9-11-6-7-13(16(22)26-10-17(19,20)28(23,24)25)14(8-11)27-15(21)12-4-2-1-3-5-12/h6-8,12H,1-5,9-10H2,(H,23,24,25). The van der Waals surface area contributed by atoms with Crippen molar-refractivity contribution in [1.82, 2.24) is 0 Å². The summed E-state index contributed by atoms with van der Waals surface area (Å²) in [4.78, 5) is 24.5. The molecule has 1 aromatic rings. The van der Waals surface area contributed by atoms with Crippen LogP contribution in [0.1, 0.15) is 48.0 Å². The number of esters is 2. The molecule has 0 bridgehead atoms. The van der Waals surface area contributed by atoms with Gasteiger partial charge in [-0.15, -0.1) is 0 Å². The lowest BCUT2D eigenvalue weighted by molar-refractivity contribution is -0.140. The highest BCUT2D eigenvalue weighted by atomic mass is 32.2. The molecule has 0 atom stereocenters. The van der Waals surface area contributed by atoms with Crippen molar-refractivity contribution in [3.8, 4) is 5.75 Å². The van der Waals surface area contributed by atoms with Gasteiger partial charge >= 0.3 is 27.3 Å². The fourth-order valence-corrected chi connectivity index (χ4v) is 2.99. The van der Waals surface area contributed by atoms with E-state index in [9.17, 15) is 26.8 Å². The number of rotatable bonds is 7. The van der Waals surface area contributed by atoms with Crippen LogP contribution in [0.5, 0.6) is 5.75 Å². The van der Waals surface area contributed by atoms with E-state index in [0.29, 0.717) is 18.4 Å². The van der Waals surface area contributed by atoms with Crippen molar-refractivity contribution in [2.45, 2.75) is 43.7 Å². The quantitative estimate of drug-likeness (QED) is 0.315.